The summed E-state index contributed by atoms with van der Waals surface area (Å²) in [5.74, 6) is 0.408. The molecule has 1 fully saturated rings. The largest absolute Gasteiger partial charge is 0.469 e. The van der Waals surface area contributed by atoms with Gasteiger partial charge in [0.2, 0.25) is 5.91 Å². The van der Waals surface area contributed by atoms with E-state index in [2.05, 4.69) is 5.32 Å². The van der Waals surface area contributed by atoms with Crippen molar-refractivity contribution in [1.82, 2.24) is 10.2 Å². The number of amides is 2. The van der Waals surface area contributed by atoms with Crippen LogP contribution in [0.2, 0.25) is 0 Å². The van der Waals surface area contributed by atoms with Gasteiger partial charge >= 0.3 is 0 Å². The summed E-state index contributed by atoms with van der Waals surface area (Å²) >= 11 is 0. The van der Waals surface area contributed by atoms with Crippen molar-refractivity contribution in [2.75, 3.05) is 66.2 Å². The molecule has 0 saturated carbocycles. The number of hydrogen-bond acceptors (Lipinski definition) is 5. The van der Waals surface area contributed by atoms with Gasteiger partial charge in [0, 0.05) is 39.6 Å². The third-order valence-corrected chi connectivity index (χ3v) is 4.78. The fourth-order valence-electron chi connectivity index (χ4n) is 3.09. The number of morpholine rings is 1. The summed E-state index contributed by atoms with van der Waals surface area (Å²) in [7, 11) is 1.59. The van der Waals surface area contributed by atoms with Gasteiger partial charge in [-0.15, -0.1) is 0 Å². The van der Waals surface area contributed by atoms with Crippen LogP contribution in [0.25, 0.3) is 0 Å². The van der Waals surface area contributed by atoms with Gasteiger partial charge in [-0.25, -0.2) is 0 Å². The molecule has 0 bridgehead atoms. The van der Waals surface area contributed by atoms with Gasteiger partial charge in [-0.1, -0.05) is 0 Å². The number of carbonyl (C=O) groups is 2. The quantitative estimate of drug-likeness (QED) is 0.504. The van der Waals surface area contributed by atoms with Gasteiger partial charge in [-0.3, -0.25) is 9.59 Å². The minimum Gasteiger partial charge on any atom is -0.469 e. The number of methoxy groups -OCH3 is 1. The molecule has 1 aromatic heterocycles. The van der Waals surface area contributed by atoms with Crippen LogP contribution in [0.5, 0.6) is 0 Å². The van der Waals surface area contributed by atoms with Gasteiger partial charge in [-0.05, 0) is 13.0 Å². The highest BCUT2D eigenvalue weighted by Gasteiger charge is 2.20. The van der Waals surface area contributed by atoms with Crippen LogP contribution >= 0.6 is 0 Å². The fraction of sp³-hybridized carbons (Fsp3) is 0.684. The van der Waals surface area contributed by atoms with E-state index in [1.54, 1.807) is 25.0 Å². The Balaban J connectivity index is 1.70. The first-order valence-electron chi connectivity index (χ1n) is 9.62. The molecule has 1 aliphatic rings. The molecule has 152 valence electrons. The Bertz CT molecular complexity index is 584. The van der Waals surface area contributed by atoms with E-state index in [0.29, 0.717) is 37.6 Å². The zero-order valence-electron chi connectivity index (χ0n) is 16.4. The summed E-state index contributed by atoms with van der Waals surface area (Å²) in [4.78, 5) is 27.9. The third kappa shape index (κ3) is 7.32. The monoisotopic (exact) mass is 382 g/mol. The van der Waals surface area contributed by atoms with Gasteiger partial charge < -0.3 is 29.0 Å². The summed E-state index contributed by atoms with van der Waals surface area (Å²) in [5.41, 5.74) is 0.528. The van der Waals surface area contributed by atoms with Crippen molar-refractivity contribution < 1.29 is 28.4 Å². The number of rotatable bonds is 11. The molecule has 0 aliphatic carbocycles. The maximum absolute atomic E-state index is 12.6. The normalized spacial score (nSPS) is 14.9. The van der Waals surface area contributed by atoms with E-state index in [0.717, 1.165) is 39.3 Å². The van der Waals surface area contributed by atoms with Crippen molar-refractivity contribution in [2.45, 2.75) is 19.8 Å². The lowest BCUT2D eigenvalue weighted by molar-refractivity contribution is -0.908. The topological polar surface area (TPSA) is 85.5 Å². The summed E-state index contributed by atoms with van der Waals surface area (Å²) in [6.07, 6.45) is 2.72. The van der Waals surface area contributed by atoms with E-state index in [1.165, 1.54) is 11.2 Å². The molecule has 1 aromatic rings. The first kappa shape index (κ1) is 21.4. The van der Waals surface area contributed by atoms with Crippen LogP contribution in [0.1, 0.15) is 29.0 Å². The Kier molecular flexibility index (Phi) is 9.30. The molecule has 2 heterocycles. The van der Waals surface area contributed by atoms with Gasteiger partial charge in [0.15, 0.2) is 0 Å². The average molecular weight is 382 g/mol. The summed E-state index contributed by atoms with van der Waals surface area (Å²) in [6.45, 7) is 8.40. The predicted molar refractivity (Wildman–Crippen MR) is 99.9 cm³/mol. The minimum atomic E-state index is -0.137. The SMILES string of the molecule is COCCN(CCC(=O)NCCC[NH+]1CCOCC1)C(=O)c1ccoc1C. The smallest absolute Gasteiger partial charge is 0.257 e. The van der Waals surface area contributed by atoms with E-state index in [4.69, 9.17) is 13.9 Å². The van der Waals surface area contributed by atoms with Crippen LogP contribution in [0.3, 0.4) is 0 Å². The van der Waals surface area contributed by atoms with Crippen molar-refractivity contribution >= 4 is 11.8 Å². The molecule has 8 nitrogen and oxygen atoms in total. The highest BCUT2D eigenvalue weighted by Crippen LogP contribution is 2.12. The maximum Gasteiger partial charge on any atom is 0.257 e. The molecule has 0 radical (unpaired) electrons. The van der Waals surface area contributed by atoms with E-state index in [-0.39, 0.29) is 18.2 Å². The van der Waals surface area contributed by atoms with Crippen molar-refractivity contribution in [1.29, 1.82) is 0 Å². The lowest BCUT2D eigenvalue weighted by Gasteiger charge is -2.24. The number of furan rings is 1. The Morgan fingerprint density at radius 2 is 2.07 bits per heavy atom. The van der Waals surface area contributed by atoms with E-state index >= 15 is 0 Å². The second-order valence-electron chi connectivity index (χ2n) is 6.74. The maximum atomic E-state index is 12.6. The lowest BCUT2D eigenvalue weighted by atomic mass is 10.2. The molecule has 2 rings (SSSR count). The van der Waals surface area contributed by atoms with Crippen LogP contribution in [0.15, 0.2) is 16.7 Å². The van der Waals surface area contributed by atoms with Gasteiger partial charge in [0.1, 0.15) is 18.8 Å². The first-order valence-corrected chi connectivity index (χ1v) is 9.62. The third-order valence-electron chi connectivity index (χ3n) is 4.78. The Morgan fingerprint density at radius 3 is 2.74 bits per heavy atom. The highest BCUT2D eigenvalue weighted by molar-refractivity contribution is 5.95. The van der Waals surface area contributed by atoms with Crippen molar-refractivity contribution in [2.24, 2.45) is 0 Å². The summed E-state index contributed by atoms with van der Waals surface area (Å²) in [6, 6.07) is 1.66. The van der Waals surface area contributed by atoms with Crippen LogP contribution in [0.4, 0.5) is 0 Å². The number of quaternary nitrogens is 1. The van der Waals surface area contributed by atoms with Crippen LogP contribution in [-0.4, -0.2) is 82.9 Å². The van der Waals surface area contributed by atoms with E-state index in [1.807, 2.05) is 0 Å². The molecule has 0 spiro atoms. The number of nitrogens with one attached hydrogen (secondary N) is 2. The molecule has 0 unspecified atom stereocenters. The van der Waals surface area contributed by atoms with Crippen molar-refractivity contribution in [3.8, 4) is 0 Å². The lowest BCUT2D eigenvalue weighted by Crippen LogP contribution is -3.14. The molecule has 1 saturated heterocycles. The first-order chi connectivity index (χ1) is 13.1. The molecule has 8 heteroatoms. The number of aryl methyl sites for hydroxylation is 1. The van der Waals surface area contributed by atoms with Gasteiger partial charge in [0.25, 0.3) is 5.91 Å². The number of carbonyl (C=O) groups excluding carboxylic acids is 2. The Labute approximate surface area is 160 Å². The van der Waals surface area contributed by atoms with E-state index in [9.17, 15) is 9.59 Å². The second-order valence-corrected chi connectivity index (χ2v) is 6.74. The Hall–Kier alpha value is -1.90. The van der Waals surface area contributed by atoms with Crippen molar-refractivity contribution in [3.05, 3.63) is 23.7 Å². The summed E-state index contributed by atoms with van der Waals surface area (Å²) in [5, 5.41) is 2.95. The molecule has 0 aromatic carbocycles. The standard InChI is InChI=1S/C19H31N3O5/c1-16-17(5-12-27-16)19(24)22(11-13-25-2)8-4-18(23)20-6-3-7-21-9-14-26-15-10-21/h5,12H,3-4,6-11,13-15H2,1-2H3,(H,20,23)/p+1. The molecule has 2 amide bonds. The van der Waals surface area contributed by atoms with Crippen LogP contribution in [0, 0.1) is 6.92 Å². The molecule has 27 heavy (non-hydrogen) atoms. The highest BCUT2D eigenvalue weighted by atomic mass is 16.5. The van der Waals surface area contributed by atoms with Crippen molar-refractivity contribution in [3.63, 3.8) is 0 Å². The zero-order valence-corrected chi connectivity index (χ0v) is 16.4. The minimum absolute atomic E-state index is 0.0360. The van der Waals surface area contributed by atoms with Crippen LogP contribution < -0.4 is 10.2 Å². The second kappa shape index (κ2) is 11.7. The number of hydrogen-bond donors (Lipinski definition) is 2. The molecular formula is C19H32N3O5+. The number of ether oxygens (including phenoxy) is 2. The van der Waals surface area contributed by atoms with Crippen LogP contribution in [-0.2, 0) is 14.3 Å². The zero-order chi connectivity index (χ0) is 19.5. The van der Waals surface area contributed by atoms with Gasteiger partial charge in [0.05, 0.1) is 38.2 Å². The number of nitrogens with zero attached hydrogens (tertiary/aromatic N) is 1. The average Bonchev–Trinajstić information content (AvgIpc) is 3.11. The molecular weight excluding hydrogens is 350 g/mol. The molecule has 1 aliphatic heterocycles. The Morgan fingerprint density at radius 1 is 1.30 bits per heavy atom. The van der Waals surface area contributed by atoms with E-state index < -0.39 is 0 Å². The molecule has 2 N–H and O–H groups in total. The fourth-order valence-corrected chi connectivity index (χ4v) is 3.09. The van der Waals surface area contributed by atoms with Gasteiger partial charge in [-0.2, -0.15) is 0 Å². The summed E-state index contributed by atoms with van der Waals surface area (Å²) < 4.78 is 15.6. The predicted octanol–water partition coefficient (Wildman–Crippen LogP) is -0.512. The molecule has 0 atom stereocenters.